The number of carbonyl (C=O) groups is 2. The van der Waals surface area contributed by atoms with Crippen LogP contribution in [-0.2, 0) is 11.2 Å². The maximum atomic E-state index is 12.9. The number of rotatable bonds is 7. The molecular weight excluding hydrogens is 390 g/mol. The van der Waals surface area contributed by atoms with Crippen LogP contribution >= 0.6 is 0 Å². The number of methoxy groups -OCH3 is 1. The van der Waals surface area contributed by atoms with Crippen molar-refractivity contribution >= 4 is 23.2 Å². The molecule has 0 unspecified atom stereocenters. The van der Waals surface area contributed by atoms with Gasteiger partial charge in [0.15, 0.2) is 0 Å². The molecule has 0 bridgehead atoms. The van der Waals surface area contributed by atoms with E-state index in [1.54, 1.807) is 7.11 Å². The number of amides is 2. The molecule has 2 aromatic carbocycles. The van der Waals surface area contributed by atoms with Crippen LogP contribution in [0.1, 0.15) is 48.5 Å². The molecule has 1 aliphatic heterocycles. The zero-order chi connectivity index (χ0) is 21.8. The summed E-state index contributed by atoms with van der Waals surface area (Å²) in [5.74, 6) is 1.32. The van der Waals surface area contributed by atoms with Gasteiger partial charge in [-0.2, -0.15) is 0 Å². The van der Waals surface area contributed by atoms with Crippen LogP contribution in [0.4, 0.5) is 11.4 Å². The van der Waals surface area contributed by atoms with Gasteiger partial charge in [0.2, 0.25) is 5.91 Å². The molecule has 6 nitrogen and oxygen atoms in total. The zero-order valence-corrected chi connectivity index (χ0v) is 18.3. The highest BCUT2D eigenvalue weighted by atomic mass is 16.5. The Morgan fingerprint density at radius 3 is 2.39 bits per heavy atom. The van der Waals surface area contributed by atoms with Gasteiger partial charge in [-0.25, -0.2) is 0 Å². The van der Waals surface area contributed by atoms with E-state index >= 15 is 0 Å². The quantitative estimate of drug-likeness (QED) is 0.709. The third-order valence-electron chi connectivity index (χ3n) is 6.09. The number of ether oxygens (including phenoxy) is 1. The molecule has 2 amide bonds. The second-order valence-electron chi connectivity index (χ2n) is 8.72. The summed E-state index contributed by atoms with van der Waals surface area (Å²) < 4.78 is 5.16. The largest absolute Gasteiger partial charge is 0.497 e. The van der Waals surface area contributed by atoms with E-state index in [1.165, 1.54) is 0 Å². The molecule has 2 fully saturated rings. The van der Waals surface area contributed by atoms with Gasteiger partial charge in [0.25, 0.3) is 5.91 Å². The van der Waals surface area contributed by atoms with Crippen molar-refractivity contribution in [1.29, 1.82) is 0 Å². The van der Waals surface area contributed by atoms with Gasteiger partial charge in [-0.05, 0) is 67.5 Å². The Morgan fingerprint density at radius 2 is 1.74 bits per heavy atom. The minimum atomic E-state index is -0.113. The Bertz CT molecular complexity index is 930. The molecule has 1 saturated heterocycles. The van der Waals surface area contributed by atoms with Crippen LogP contribution in [0.25, 0.3) is 0 Å². The van der Waals surface area contributed by atoms with Crippen molar-refractivity contribution in [2.45, 2.75) is 45.1 Å². The second kappa shape index (κ2) is 9.41. The SMILES string of the molecule is COc1ccc(CC(=O)Nc2ccc(N3CCC(C)CC3)c(C(=O)NC3CC3)c2)cc1. The maximum Gasteiger partial charge on any atom is 0.253 e. The summed E-state index contributed by atoms with van der Waals surface area (Å²) in [5, 5.41) is 6.05. The van der Waals surface area contributed by atoms with Gasteiger partial charge in [0.05, 0.1) is 19.1 Å². The number of piperidine rings is 1. The molecule has 2 aliphatic rings. The standard InChI is InChI=1S/C25H31N3O3/c1-17-11-13-28(14-12-17)23-10-7-20(16-22(23)25(30)27-19-5-6-19)26-24(29)15-18-3-8-21(31-2)9-4-18/h3-4,7-10,16-17,19H,5-6,11-15H2,1-2H3,(H,26,29)(H,27,30). The third kappa shape index (κ3) is 5.57. The topological polar surface area (TPSA) is 70.7 Å². The van der Waals surface area contributed by atoms with Crippen molar-refractivity contribution < 1.29 is 14.3 Å². The number of nitrogens with one attached hydrogen (secondary N) is 2. The molecule has 0 atom stereocenters. The average molecular weight is 422 g/mol. The number of anilines is 2. The molecule has 2 aromatic rings. The van der Waals surface area contributed by atoms with Crippen molar-refractivity contribution in [3.63, 3.8) is 0 Å². The Balaban J connectivity index is 1.49. The summed E-state index contributed by atoms with van der Waals surface area (Å²) in [5.41, 5.74) is 3.15. The van der Waals surface area contributed by atoms with Crippen molar-refractivity contribution in [2.24, 2.45) is 5.92 Å². The first-order valence-electron chi connectivity index (χ1n) is 11.1. The van der Waals surface area contributed by atoms with Gasteiger partial charge in [0.1, 0.15) is 5.75 Å². The first kappa shape index (κ1) is 21.2. The van der Waals surface area contributed by atoms with E-state index in [0.29, 0.717) is 11.3 Å². The van der Waals surface area contributed by atoms with Gasteiger partial charge in [-0.15, -0.1) is 0 Å². The number of hydrogen-bond acceptors (Lipinski definition) is 4. The normalized spacial score (nSPS) is 16.6. The van der Waals surface area contributed by atoms with Crippen molar-refractivity contribution in [2.75, 3.05) is 30.4 Å². The van der Waals surface area contributed by atoms with Crippen molar-refractivity contribution in [1.82, 2.24) is 5.32 Å². The highest BCUT2D eigenvalue weighted by molar-refractivity contribution is 6.02. The molecule has 164 valence electrons. The Labute approximate surface area is 184 Å². The van der Waals surface area contributed by atoms with E-state index in [9.17, 15) is 9.59 Å². The van der Waals surface area contributed by atoms with Crippen LogP contribution in [0.3, 0.4) is 0 Å². The van der Waals surface area contributed by atoms with Crippen LogP contribution in [0.2, 0.25) is 0 Å². The number of hydrogen-bond donors (Lipinski definition) is 2. The van der Waals surface area contributed by atoms with Gasteiger partial charge >= 0.3 is 0 Å². The fourth-order valence-corrected chi connectivity index (χ4v) is 3.95. The Kier molecular flexibility index (Phi) is 6.44. The van der Waals surface area contributed by atoms with E-state index in [-0.39, 0.29) is 24.3 Å². The van der Waals surface area contributed by atoms with Gasteiger partial charge in [0, 0.05) is 30.5 Å². The Morgan fingerprint density at radius 1 is 1.03 bits per heavy atom. The summed E-state index contributed by atoms with van der Waals surface area (Å²) in [6.45, 7) is 4.18. The van der Waals surface area contributed by atoms with Crippen LogP contribution in [-0.4, -0.2) is 38.1 Å². The van der Waals surface area contributed by atoms with Crippen LogP contribution in [0.5, 0.6) is 5.75 Å². The maximum absolute atomic E-state index is 12.9. The first-order valence-corrected chi connectivity index (χ1v) is 11.1. The van der Waals surface area contributed by atoms with E-state index < -0.39 is 0 Å². The Hall–Kier alpha value is -3.02. The van der Waals surface area contributed by atoms with Gasteiger partial charge < -0.3 is 20.3 Å². The first-order chi connectivity index (χ1) is 15.0. The molecule has 0 spiro atoms. The lowest BCUT2D eigenvalue weighted by Crippen LogP contribution is -2.35. The highest BCUT2D eigenvalue weighted by Crippen LogP contribution is 2.30. The predicted octanol–water partition coefficient (Wildman–Crippen LogP) is 4.00. The van der Waals surface area contributed by atoms with Gasteiger partial charge in [-0.3, -0.25) is 9.59 Å². The lowest BCUT2D eigenvalue weighted by molar-refractivity contribution is -0.115. The minimum absolute atomic E-state index is 0.0534. The van der Waals surface area contributed by atoms with Crippen molar-refractivity contribution in [3.8, 4) is 5.75 Å². The minimum Gasteiger partial charge on any atom is -0.497 e. The fraction of sp³-hybridized carbons (Fsp3) is 0.440. The zero-order valence-electron chi connectivity index (χ0n) is 18.3. The molecule has 1 saturated carbocycles. The molecule has 1 heterocycles. The molecule has 0 aromatic heterocycles. The molecule has 2 N–H and O–H groups in total. The van der Waals surface area contributed by atoms with Crippen molar-refractivity contribution in [3.05, 3.63) is 53.6 Å². The summed E-state index contributed by atoms with van der Waals surface area (Å²) in [6.07, 6.45) is 4.61. The molecule has 0 radical (unpaired) electrons. The van der Waals surface area contributed by atoms with E-state index in [0.717, 1.165) is 61.7 Å². The van der Waals surface area contributed by atoms with Crippen LogP contribution < -0.4 is 20.3 Å². The number of nitrogens with zero attached hydrogens (tertiary/aromatic N) is 1. The van der Waals surface area contributed by atoms with E-state index in [1.807, 2.05) is 42.5 Å². The summed E-state index contributed by atoms with van der Waals surface area (Å²) in [7, 11) is 1.62. The lowest BCUT2D eigenvalue weighted by Gasteiger charge is -2.33. The third-order valence-corrected chi connectivity index (χ3v) is 6.09. The van der Waals surface area contributed by atoms with E-state index in [2.05, 4.69) is 22.5 Å². The molecule has 6 heteroatoms. The number of benzene rings is 2. The second-order valence-corrected chi connectivity index (χ2v) is 8.72. The molecular formula is C25H31N3O3. The summed E-state index contributed by atoms with van der Waals surface area (Å²) in [4.78, 5) is 27.8. The summed E-state index contributed by atoms with van der Waals surface area (Å²) in [6, 6.07) is 13.4. The number of carbonyl (C=O) groups excluding carboxylic acids is 2. The summed E-state index contributed by atoms with van der Waals surface area (Å²) >= 11 is 0. The molecule has 31 heavy (non-hydrogen) atoms. The molecule has 4 rings (SSSR count). The average Bonchev–Trinajstić information content (AvgIpc) is 3.59. The lowest BCUT2D eigenvalue weighted by atomic mass is 9.97. The monoisotopic (exact) mass is 421 g/mol. The predicted molar refractivity (Wildman–Crippen MR) is 123 cm³/mol. The fourth-order valence-electron chi connectivity index (χ4n) is 3.95. The smallest absolute Gasteiger partial charge is 0.253 e. The van der Waals surface area contributed by atoms with Crippen LogP contribution in [0, 0.1) is 5.92 Å². The highest BCUT2D eigenvalue weighted by Gasteiger charge is 2.27. The van der Waals surface area contributed by atoms with Gasteiger partial charge in [-0.1, -0.05) is 19.1 Å². The van der Waals surface area contributed by atoms with Crippen LogP contribution in [0.15, 0.2) is 42.5 Å². The van der Waals surface area contributed by atoms with E-state index in [4.69, 9.17) is 4.74 Å². The molecule has 1 aliphatic carbocycles.